The fraction of sp³-hybridized carbons (Fsp3) is 0.0909. The van der Waals surface area contributed by atoms with Gasteiger partial charge in [0, 0.05) is 17.1 Å². The molecule has 0 spiro atoms. The highest BCUT2D eigenvalue weighted by Crippen LogP contribution is 2.32. The molecule has 0 aliphatic rings. The predicted octanol–water partition coefficient (Wildman–Crippen LogP) is 5.13. The van der Waals surface area contributed by atoms with Gasteiger partial charge in [-0.15, -0.1) is 0 Å². The molecule has 0 saturated carbocycles. The van der Waals surface area contributed by atoms with Crippen molar-refractivity contribution in [3.8, 4) is 11.5 Å². The van der Waals surface area contributed by atoms with Crippen LogP contribution in [0, 0.1) is 0 Å². The van der Waals surface area contributed by atoms with Gasteiger partial charge >= 0.3 is 0 Å². The summed E-state index contributed by atoms with van der Waals surface area (Å²) in [6.07, 6.45) is 0. The number of aromatic nitrogens is 2. The number of nitrogens with zero attached hydrogens (tertiary/aromatic N) is 2. The molecule has 28 heavy (non-hydrogen) atoms. The highest BCUT2D eigenvalue weighted by molar-refractivity contribution is 5.92. The highest BCUT2D eigenvalue weighted by atomic mass is 16.5. The first-order valence-corrected chi connectivity index (χ1v) is 8.85. The third kappa shape index (κ3) is 3.66. The van der Waals surface area contributed by atoms with Crippen molar-refractivity contribution in [2.24, 2.45) is 0 Å². The van der Waals surface area contributed by atoms with E-state index in [0.29, 0.717) is 17.4 Å². The summed E-state index contributed by atoms with van der Waals surface area (Å²) in [7, 11) is 3.25. The molecule has 0 aliphatic heterocycles. The van der Waals surface area contributed by atoms with Crippen LogP contribution in [0.1, 0.15) is 0 Å². The minimum Gasteiger partial charge on any atom is -0.497 e. The van der Waals surface area contributed by atoms with Crippen LogP contribution in [0.2, 0.25) is 0 Å². The summed E-state index contributed by atoms with van der Waals surface area (Å²) in [6.45, 7) is 0. The molecular formula is C22H20N4O2. The summed E-state index contributed by atoms with van der Waals surface area (Å²) in [5.74, 6) is 2.58. The smallest absolute Gasteiger partial charge is 0.229 e. The summed E-state index contributed by atoms with van der Waals surface area (Å²) in [4.78, 5) is 9.34. The summed E-state index contributed by atoms with van der Waals surface area (Å²) in [5.41, 5.74) is 2.51. The van der Waals surface area contributed by atoms with E-state index in [9.17, 15) is 0 Å². The Morgan fingerprint density at radius 2 is 1.54 bits per heavy atom. The van der Waals surface area contributed by atoms with E-state index in [4.69, 9.17) is 14.5 Å². The molecule has 3 aromatic carbocycles. The molecule has 0 fully saturated rings. The normalized spacial score (nSPS) is 10.5. The first kappa shape index (κ1) is 17.6. The van der Waals surface area contributed by atoms with Crippen molar-refractivity contribution in [1.29, 1.82) is 0 Å². The van der Waals surface area contributed by atoms with Gasteiger partial charge in [0.2, 0.25) is 5.95 Å². The van der Waals surface area contributed by atoms with Gasteiger partial charge in [-0.25, -0.2) is 4.98 Å². The number of anilines is 4. The zero-order valence-corrected chi connectivity index (χ0v) is 15.6. The quantitative estimate of drug-likeness (QED) is 0.489. The molecule has 6 heteroatoms. The molecule has 1 heterocycles. The van der Waals surface area contributed by atoms with Gasteiger partial charge in [0.15, 0.2) is 0 Å². The van der Waals surface area contributed by atoms with Crippen molar-refractivity contribution >= 4 is 34.0 Å². The second-order valence-corrected chi connectivity index (χ2v) is 6.10. The molecule has 140 valence electrons. The maximum atomic E-state index is 5.44. The molecule has 0 bridgehead atoms. The van der Waals surface area contributed by atoms with Crippen LogP contribution in [0.25, 0.3) is 10.9 Å². The van der Waals surface area contributed by atoms with Crippen molar-refractivity contribution < 1.29 is 9.47 Å². The predicted molar refractivity (Wildman–Crippen MR) is 112 cm³/mol. The van der Waals surface area contributed by atoms with Crippen molar-refractivity contribution in [3.63, 3.8) is 0 Å². The number of ether oxygens (including phenoxy) is 2. The lowest BCUT2D eigenvalue weighted by atomic mass is 10.2. The number of para-hydroxylation sites is 2. The Kier molecular flexibility index (Phi) is 4.93. The van der Waals surface area contributed by atoms with Gasteiger partial charge in [-0.3, -0.25) is 0 Å². The van der Waals surface area contributed by atoms with Gasteiger partial charge in [-0.2, -0.15) is 4.98 Å². The molecule has 4 rings (SSSR count). The van der Waals surface area contributed by atoms with Crippen LogP contribution < -0.4 is 20.1 Å². The van der Waals surface area contributed by atoms with E-state index in [1.807, 2.05) is 72.8 Å². The average Bonchev–Trinajstić information content (AvgIpc) is 2.74. The molecule has 1 aromatic heterocycles. The zero-order valence-electron chi connectivity index (χ0n) is 15.6. The minimum absolute atomic E-state index is 0.462. The molecule has 0 aliphatic carbocycles. The van der Waals surface area contributed by atoms with E-state index in [1.165, 1.54) is 0 Å². The molecule has 2 N–H and O–H groups in total. The average molecular weight is 372 g/mol. The Bertz CT molecular complexity index is 1100. The monoisotopic (exact) mass is 372 g/mol. The molecular weight excluding hydrogens is 352 g/mol. The fourth-order valence-corrected chi connectivity index (χ4v) is 2.92. The molecule has 0 radical (unpaired) electrons. The first-order valence-electron chi connectivity index (χ1n) is 8.85. The second kappa shape index (κ2) is 7.84. The Morgan fingerprint density at radius 1 is 0.750 bits per heavy atom. The van der Waals surface area contributed by atoms with Gasteiger partial charge in [0.05, 0.1) is 25.4 Å². The molecule has 4 aromatic rings. The largest absolute Gasteiger partial charge is 0.497 e. The van der Waals surface area contributed by atoms with Crippen LogP contribution in [0.4, 0.5) is 23.1 Å². The van der Waals surface area contributed by atoms with Crippen molar-refractivity contribution in [1.82, 2.24) is 9.97 Å². The van der Waals surface area contributed by atoms with Gasteiger partial charge < -0.3 is 20.1 Å². The summed E-state index contributed by atoms with van der Waals surface area (Å²) in [6, 6.07) is 23.3. The summed E-state index contributed by atoms with van der Waals surface area (Å²) in [5, 5.41) is 7.57. The van der Waals surface area contributed by atoms with Gasteiger partial charge in [-0.1, -0.05) is 30.3 Å². The second-order valence-electron chi connectivity index (χ2n) is 6.10. The van der Waals surface area contributed by atoms with Crippen molar-refractivity contribution in [2.75, 3.05) is 24.9 Å². The number of methoxy groups -OCH3 is 2. The van der Waals surface area contributed by atoms with Crippen LogP contribution in [-0.4, -0.2) is 24.2 Å². The molecule has 6 nitrogen and oxygen atoms in total. The Hall–Kier alpha value is -3.80. The first-order chi connectivity index (χ1) is 13.8. The van der Waals surface area contributed by atoms with E-state index in [1.54, 1.807) is 14.2 Å². The van der Waals surface area contributed by atoms with Crippen LogP contribution in [0.3, 0.4) is 0 Å². The Morgan fingerprint density at radius 3 is 2.32 bits per heavy atom. The number of hydrogen-bond donors (Lipinski definition) is 2. The topological polar surface area (TPSA) is 68.3 Å². The number of rotatable bonds is 6. The third-order valence-corrected chi connectivity index (χ3v) is 4.29. The maximum Gasteiger partial charge on any atom is 0.229 e. The Labute approximate surface area is 163 Å². The maximum absolute atomic E-state index is 5.44. The van der Waals surface area contributed by atoms with Crippen LogP contribution in [0.15, 0.2) is 72.8 Å². The van der Waals surface area contributed by atoms with Gasteiger partial charge in [0.25, 0.3) is 0 Å². The number of benzene rings is 3. The molecule has 0 saturated heterocycles. The lowest BCUT2D eigenvalue weighted by Crippen LogP contribution is -2.03. The SMILES string of the molecule is COc1ccc(OC)c(Nc2nc(Nc3ccccc3)c3ccccc3n2)c1. The summed E-state index contributed by atoms with van der Waals surface area (Å²) < 4.78 is 10.8. The Balaban J connectivity index is 1.76. The lowest BCUT2D eigenvalue weighted by Gasteiger charge is -2.14. The zero-order chi connectivity index (χ0) is 19.3. The standard InChI is InChI=1S/C22H20N4O2/c1-27-16-12-13-20(28-2)19(14-16)25-22-24-18-11-7-6-10-17(18)21(26-22)23-15-8-4-3-5-9-15/h3-14H,1-2H3,(H2,23,24,25,26). The van der Waals surface area contributed by atoms with E-state index in [0.717, 1.165) is 28.1 Å². The minimum atomic E-state index is 0.462. The van der Waals surface area contributed by atoms with E-state index in [2.05, 4.69) is 15.6 Å². The number of fused-ring (bicyclic) bond motifs is 1. The van der Waals surface area contributed by atoms with Crippen LogP contribution in [-0.2, 0) is 0 Å². The highest BCUT2D eigenvalue weighted by Gasteiger charge is 2.11. The van der Waals surface area contributed by atoms with Gasteiger partial charge in [0.1, 0.15) is 17.3 Å². The third-order valence-electron chi connectivity index (χ3n) is 4.29. The molecule has 0 amide bonds. The van der Waals surface area contributed by atoms with Crippen LogP contribution in [0.5, 0.6) is 11.5 Å². The number of hydrogen-bond acceptors (Lipinski definition) is 6. The van der Waals surface area contributed by atoms with E-state index >= 15 is 0 Å². The number of nitrogens with one attached hydrogen (secondary N) is 2. The van der Waals surface area contributed by atoms with Crippen LogP contribution >= 0.6 is 0 Å². The van der Waals surface area contributed by atoms with E-state index in [-0.39, 0.29) is 0 Å². The van der Waals surface area contributed by atoms with Crippen molar-refractivity contribution in [2.45, 2.75) is 0 Å². The van der Waals surface area contributed by atoms with Crippen molar-refractivity contribution in [3.05, 3.63) is 72.8 Å². The van der Waals surface area contributed by atoms with Gasteiger partial charge in [-0.05, 0) is 36.4 Å². The fourth-order valence-electron chi connectivity index (χ4n) is 2.92. The van der Waals surface area contributed by atoms with E-state index < -0.39 is 0 Å². The molecule has 0 atom stereocenters. The summed E-state index contributed by atoms with van der Waals surface area (Å²) >= 11 is 0. The lowest BCUT2D eigenvalue weighted by molar-refractivity contribution is 0.405. The molecule has 0 unspecified atom stereocenters.